The summed E-state index contributed by atoms with van der Waals surface area (Å²) in [5, 5.41) is 17.9. The Kier molecular flexibility index (Phi) is 2.79. The monoisotopic (exact) mass is 189 g/mol. The van der Waals surface area contributed by atoms with Crippen LogP contribution < -0.4 is 5.73 Å². The number of rotatable bonds is 2. The highest BCUT2D eigenvalue weighted by Gasteiger charge is 2.17. The third-order valence-electron chi connectivity index (χ3n) is 1.62. The third kappa shape index (κ3) is 1.93. The van der Waals surface area contributed by atoms with E-state index in [-0.39, 0.29) is 6.54 Å². The number of aliphatic hydroxyl groups excluding tert-OH is 1. The van der Waals surface area contributed by atoms with Crippen molar-refractivity contribution < 1.29 is 19.0 Å². The maximum atomic E-state index is 12.9. The van der Waals surface area contributed by atoms with E-state index < -0.39 is 29.1 Å². The molecule has 1 unspecified atom stereocenters. The molecule has 0 bridgehead atoms. The highest BCUT2D eigenvalue weighted by Crippen LogP contribution is 2.24. The highest BCUT2D eigenvalue weighted by atomic mass is 19.1. The van der Waals surface area contributed by atoms with Gasteiger partial charge in [0.1, 0.15) is 17.4 Å². The van der Waals surface area contributed by atoms with Gasteiger partial charge in [0, 0.05) is 18.7 Å². The highest BCUT2D eigenvalue weighted by molar-refractivity contribution is 5.30. The predicted molar refractivity (Wildman–Crippen MR) is 42.0 cm³/mol. The molecule has 5 heteroatoms. The van der Waals surface area contributed by atoms with Crippen molar-refractivity contribution >= 4 is 0 Å². The first kappa shape index (κ1) is 9.88. The molecule has 13 heavy (non-hydrogen) atoms. The topological polar surface area (TPSA) is 66.5 Å². The van der Waals surface area contributed by atoms with Crippen LogP contribution in [-0.4, -0.2) is 16.8 Å². The average molecular weight is 189 g/mol. The second-order valence-corrected chi connectivity index (χ2v) is 2.57. The first-order valence-corrected chi connectivity index (χ1v) is 3.62. The molecule has 0 saturated carbocycles. The summed E-state index contributed by atoms with van der Waals surface area (Å²) in [6.45, 7) is -0.279. The quantitative estimate of drug-likeness (QED) is 0.640. The van der Waals surface area contributed by atoms with Crippen LogP contribution in [0.1, 0.15) is 11.7 Å². The zero-order valence-electron chi connectivity index (χ0n) is 6.67. The number of hydrogen-bond donors (Lipinski definition) is 3. The molecule has 1 rings (SSSR count). The summed E-state index contributed by atoms with van der Waals surface area (Å²) >= 11 is 0. The van der Waals surface area contributed by atoms with Gasteiger partial charge in [0.05, 0.1) is 11.7 Å². The summed E-state index contributed by atoms with van der Waals surface area (Å²) in [5.41, 5.74) is 4.52. The summed E-state index contributed by atoms with van der Waals surface area (Å²) in [6.07, 6.45) is -1.39. The van der Waals surface area contributed by atoms with Gasteiger partial charge in [0.2, 0.25) is 0 Å². The van der Waals surface area contributed by atoms with Crippen molar-refractivity contribution in [3.63, 3.8) is 0 Å². The Morgan fingerprint density at radius 2 is 1.77 bits per heavy atom. The van der Waals surface area contributed by atoms with Crippen molar-refractivity contribution in [1.29, 1.82) is 0 Å². The lowest BCUT2D eigenvalue weighted by Gasteiger charge is -2.10. The molecule has 0 aromatic heterocycles. The first-order chi connectivity index (χ1) is 6.06. The van der Waals surface area contributed by atoms with Crippen LogP contribution in [0, 0.1) is 11.6 Å². The Morgan fingerprint density at radius 3 is 2.15 bits per heavy atom. The number of hydrogen-bond acceptors (Lipinski definition) is 3. The lowest BCUT2D eigenvalue weighted by atomic mass is 10.1. The molecule has 0 spiro atoms. The van der Waals surface area contributed by atoms with Crippen molar-refractivity contribution in [3.8, 4) is 5.75 Å². The molecule has 4 N–H and O–H groups in total. The average Bonchev–Trinajstić information content (AvgIpc) is 2.02. The van der Waals surface area contributed by atoms with Crippen LogP contribution in [-0.2, 0) is 0 Å². The number of phenolic OH excluding ortho intramolecular Hbond substituents is 1. The lowest BCUT2D eigenvalue weighted by Crippen LogP contribution is -2.14. The van der Waals surface area contributed by atoms with Gasteiger partial charge in [-0.25, -0.2) is 8.78 Å². The molecule has 0 fully saturated rings. The Labute approximate surface area is 73.4 Å². The van der Waals surface area contributed by atoms with Gasteiger partial charge in [-0.3, -0.25) is 0 Å². The van der Waals surface area contributed by atoms with E-state index in [2.05, 4.69) is 0 Å². The molecule has 0 amide bonds. The minimum absolute atomic E-state index is 0.279. The van der Waals surface area contributed by atoms with E-state index >= 15 is 0 Å². The third-order valence-corrected chi connectivity index (χ3v) is 1.62. The molecule has 0 saturated heterocycles. The number of nitrogens with two attached hydrogens (primary N) is 1. The van der Waals surface area contributed by atoms with E-state index in [9.17, 15) is 8.78 Å². The van der Waals surface area contributed by atoms with Crippen LogP contribution in [0.5, 0.6) is 5.75 Å². The van der Waals surface area contributed by atoms with Crippen LogP contribution in [0.15, 0.2) is 12.1 Å². The summed E-state index contributed by atoms with van der Waals surface area (Å²) in [7, 11) is 0. The van der Waals surface area contributed by atoms with Crippen molar-refractivity contribution in [2.45, 2.75) is 6.10 Å². The van der Waals surface area contributed by atoms with Crippen molar-refractivity contribution in [3.05, 3.63) is 29.3 Å². The fourth-order valence-electron chi connectivity index (χ4n) is 1.01. The van der Waals surface area contributed by atoms with Gasteiger partial charge < -0.3 is 15.9 Å². The number of benzene rings is 1. The lowest BCUT2D eigenvalue weighted by molar-refractivity contribution is 0.176. The molecule has 1 atom stereocenters. The number of aromatic hydroxyl groups is 1. The van der Waals surface area contributed by atoms with Crippen LogP contribution in [0.4, 0.5) is 8.78 Å². The van der Waals surface area contributed by atoms with Gasteiger partial charge in [-0.05, 0) is 0 Å². The zero-order valence-corrected chi connectivity index (χ0v) is 6.67. The van der Waals surface area contributed by atoms with Crippen molar-refractivity contribution in [2.24, 2.45) is 5.73 Å². The normalized spacial score (nSPS) is 12.9. The van der Waals surface area contributed by atoms with Gasteiger partial charge in [-0.15, -0.1) is 0 Å². The van der Waals surface area contributed by atoms with Gasteiger partial charge >= 0.3 is 0 Å². The molecule has 0 aliphatic heterocycles. The Hall–Kier alpha value is -1.20. The second-order valence-electron chi connectivity index (χ2n) is 2.57. The van der Waals surface area contributed by atoms with E-state index in [1.54, 1.807) is 0 Å². The largest absolute Gasteiger partial charge is 0.508 e. The van der Waals surface area contributed by atoms with E-state index in [1.807, 2.05) is 0 Å². The van der Waals surface area contributed by atoms with Crippen LogP contribution >= 0.6 is 0 Å². The molecule has 72 valence electrons. The minimum Gasteiger partial charge on any atom is -0.508 e. The van der Waals surface area contributed by atoms with Crippen molar-refractivity contribution in [1.82, 2.24) is 0 Å². The molecule has 1 aromatic rings. The van der Waals surface area contributed by atoms with E-state index in [1.165, 1.54) is 0 Å². The first-order valence-electron chi connectivity index (χ1n) is 3.62. The molecular formula is C8H9F2NO2. The SMILES string of the molecule is NCC(O)c1c(F)cc(O)cc1F. The fourth-order valence-corrected chi connectivity index (χ4v) is 1.01. The van der Waals surface area contributed by atoms with Gasteiger partial charge in [-0.2, -0.15) is 0 Å². The van der Waals surface area contributed by atoms with Gasteiger partial charge in [0.15, 0.2) is 0 Å². The van der Waals surface area contributed by atoms with E-state index in [0.717, 1.165) is 12.1 Å². The molecular weight excluding hydrogens is 180 g/mol. The molecule has 3 nitrogen and oxygen atoms in total. The summed E-state index contributed by atoms with van der Waals surface area (Å²) in [6, 6.07) is 1.44. The van der Waals surface area contributed by atoms with Gasteiger partial charge in [-0.1, -0.05) is 0 Å². The zero-order chi connectivity index (χ0) is 10.0. The molecule has 0 aliphatic carbocycles. The smallest absolute Gasteiger partial charge is 0.135 e. The number of phenols is 1. The maximum absolute atomic E-state index is 12.9. The van der Waals surface area contributed by atoms with Crippen molar-refractivity contribution in [2.75, 3.05) is 6.54 Å². The predicted octanol–water partition coefficient (Wildman–Crippen LogP) is 0.663. The van der Waals surface area contributed by atoms with Crippen LogP contribution in [0.25, 0.3) is 0 Å². The molecule has 0 aliphatic rings. The number of halogens is 2. The summed E-state index contributed by atoms with van der Waals surface area (Å²) in [4.78, 5) is 0. The molecule has 1 aromatic carbocycles. The fraction of sp³-hybridized carbons (Fsp3) is 0.250. The van der Waals surface area contributed by atoms with Crippen LogP contribution in [0.3, 0.4) is 0 Å². The summed E-state index contributed by atoms with van der Waals surface area (Å²) < 4.78 is 25.9. The second kappa shape index (κ2) is 3.68. The molecule has 0 heterocycles. The Bertz CT molecular complexity index is 294. The Morgan fingerprint density at radius 1 is 1.31 bits per heavy atom. The minimum atomic E-state index is -1.39. The van der Waals surface area contributed by atoms with Gasteiger partial charge in [0.25, 0.3) is 0 Å². The summed E-state index contributed by atoms with van der Waals surface area (Å²) in [5.74, 6) is -2.53. The standard InChI is InChI=1S/C8H9F2NO2/c9-5-1-4(12)2-6(10)8(5)7(13)3-11/h1-2,7,12-13H,3,11H2. The van der Waals surface area contributed by atoms with E-state index in [4.69, 9.17) is 15.9 Å². The maximum Gasteiger partial charge on any atom is 0.135 e. The van der Waals surface area contributed by atoms with E-state index in [0.29, 0.717) is 0 Å². The van der Waals surface area contributed by atoms with Crippen LogP contribution in [0.2, 0.25) is 0 Å². The molecule has 0 radical (unpaired) electrons. The number of aliphatic hydroxyl groups is 1. The Balaban J connectivity index is 3.20.